The maximum absolute atomic E-state index is 12.0. The Morgan fingerprint density at radius 2 is 2.04 bits per heavy atom. The molecule has 1 N–H and O–H groups in total. The van der Waals surface area contributed by atoms with Gasteiger partial charge in [-0.1, -0.05) is 0 Å². The maximum Gasteiger partial charge on any atom is 0.226 e. The largest absolute Gasteiger partial charge is 0.383 e. The summed E-state index contributed by atoms with van der Waals surface area (Å²) in [4.78, 5) is 22.7. The van der Waals surface area contributed by atoms with Crippen LogP contribution in [0, 0.1) is 19.8 Å². The second kappa shape index (κ2) is 6.96. The third-order valence-electron chi connectivity index (χ3n) is 4.05. The summed E-state index contributed by atoms with van der Waals surface area (Å²) >= 11 is 0. The number of hydrogen-bond donors (Lipinski definition) is 1. The lowest BCUT2D eigenvalue weighted by molar-refractivity contribution is -0.125. The van der Waals surface area contributed by atoms with Gasteiger partial charge in [-0.15, -0.1) is 0 Å². The molecule has 0 aromatic carbocycles. The number of carbonyl (C=O) groups is 1. The standard InChI is InChI=1S/C16H22N6O2/c1-11-6-12(2)22(20-11)15-7-14(18-10-19-15)21-8-13(9-21)16(23)17-4-5-24-3/h6-7,10,13H,4-5,8-9H2,1-3H3,(H,17,23). The molecule has 128 valence electrons. The molecule has 0 aliphatic carbocycles. The van der Waals surface area contributed by atoms with Crippen LogP contribution in [0.5, 0.6) is 0 Å². The fourth-order valence-electron chi connectivity index (χ4n) is 2.74. The van der Waals surface area contributed by atoms with Crippen molar-refractivity contribution in [3.63, 3.8) is 0 Å². The van der Waals surface area contributed by atoms with E-state index >= 15 is 0 Å². The van der Waals surface area contributed by atoms with E-state index in [0.717, 1.165) is 23.0 Å². The van der Waals surface area contributed by atoms with Gasteiger partial charge < -0.3 is 15.0 Å². The molecule has 1 aliphatic heterocycles. The van der Waals surface area contributed by atoms with Gasteiger partial charge in [0.1, 0.15) is 12.1 Å². The van der Waals surface area contributed by atoms with E-state index in [1.54, 1.807) is 11.8 Å². The Bertz CT molecular complexity index is 723. The fourth-order valence-corrected chi connectivity index (χ4v) is 2.74. The quantitative estimate of drug-likeness (QED) is 0.776. The number of carbonyl (C=O) groups excluding carboxylic acids is 1. The Labute approximate surface area is 140 Å². The van der Waals surface area contributed by atoms with E-state index in [9.17, 15) is 4.79 Å². The first-order valence-electron chi connectivity index (χ1n) is 7.95. The van der Waals surface area contributed by atoms with Crippen molar-refractivity contribution in [2.75, 3.05) is 38.3 Å². The number of amides is 1. The van der Waals surface area contributed by atoms with Crippen molar-refractivity contribution >= 4 is 11.7 Å². The van der Waals surface area contributed by atoms with Crippen LogP contribution < -0.4 is 10.2 Å². The summed E-state index contributed by atoms with van der Waals surface area (Å²) in [5, 5.41) is 7.31. The van der Waals surface area contributed by atoms with Crippen molar-refractivity contribution in [2.45, 2.75) is 13.8 Å². The molecular formula is C16H22N6O2. The lowest BCUT2D eigenvalue weighted by Gasteiger charge is -2.39. The lowest BCUT2D eigenvalue weighted by atomic mass is 9.99. The maximum atomic E-state index is 12.0. The van der Waals surface area contributed by atoms with Crippen LogP contribution in [0.4, 0.5) is 5.82 Å². The molecule has 0 radical (unpaired) electrons. The third-order valence-corrected chi connectivity index (χ3v) is 4.05. The van der Waals surface area contributed by atoms with E-state index in [4.69, 9.17) is 4.74 Å². The van der Waals surface area contributed by atoms with E-state index < -0.39 is 0 Å². The number of aromatic nitrogens is 4. The molecule has 24 heavy (non-hydrogen) atoms. The molecule has 3 rings (SSSR count). The average Bonchev–Trinajstić information content (AvgIpc) is 2.85. The molecule has 1 amide bonds. The minimum absolute atomic E-state index is 0.00560. The van der Waals surface area contributed by atoms with Gasteiger partial charge in [-0.25, -0.2) is 14.6 Å². The highest BCUT2D eigenvalue weighted by Gasteiger charge is 2.33. The molecule has 2 aromatic heterocycles. The number of ether oxygens (including phenoxy) is 1. The number of nitrogens with one attached hydrogen (secondary N) is 1. The molecule has 1 saturated heterocycles. The SMILES string of the molecule is COCCNC(=O)C1CN(c2cc(-n3nc(C)cc3C)ncn2)C1. The molecule has 3 heterocycles. The summed E-state index contributed by atoms with van der Waals surface area (Å²) in [5.41, 5.74) is 1.97. The third kappa shape index (κ3) is 3.38. The number of hydrogen-bond acceptors (Lipinski definition) is 6. The van der Waals surface area contributed by atoms with Crippen LogP contribution in [0.2, 0.25) is 0 Å². The molecule has 0 spiro atoms. The molecule has 0 saturated carbocycles. The molecule has 2 aromatic rings. The Morgan fingerprint density at radius 3 is 2.71 bits per heavy atom. The molecule has 1 fully saturated rings. The highest BCUT2D eigenvalue weighted by Crippen LogP contribution is 2.24. The van der Waals surface area contributed by atoms with Gasteiger partial charge in [0, 0.05) is 38.5 Å². The number of rotatable bonds is 6. The van der Waals surface area contributed by atoms with Crippen LogP contribution >= 0.6 is 0 Å². The van der Waals surface area contributed by atoms with Gasteiger partial charge in [0.25, 0.3) is 0 Å². The van der Waals surface area contributed by atoms with Crippen LogP contribution in [-0.4, -0.2) is 59.0 Å². The van der Waals surface area contributed by atoms with Gasteiger partial charge in [-0.3, -0.25) is 4.79 Å². The molecule has 0 bridgehead atoms. The summed E-state index contributed by atoms with van der Waals surface area (Å²) < 4.78 is 6.73. The van der Waals surface area contributed by atoms with Crippen molar-refractivity contribution in [3.8, 4) is 5.82 Å². The smallest absolute Gasteiger partial charge is 0.226 e. The second-order valence-electron chi connectivity index (χ2n) is 5.96. The zero-order valence-electron chi connectivity index (χ0n) is 14.2. The fraction of sp³-hybridized carbons (Fsp3) is 0.500. The average molecular weight is 330 g/mol. The molecule has 0 atom stereocenters. The number of aryl methyl sites for hydroxylation is 2. The number of nitrogens with zero attached hydrogens (tertiary/aromatic N) is 5. The van der Waals surface area contributed by atoms with Crippen molar-refractivity contribution in [3.05, 3.63) is 29.8 Å². The van der Waals surface area contributed by atoms with Crippen LogP contribution in [-0.2, 0) is 9.53 Å². The topological polar surface area (TPSA) is 85.2 Å². The first-order valence-corrected chi connectivity index (χ1v) is 7.95. The summed E-state index contributed by atoms with van der Waals surface area (Å²) in [7, 11) is 1.62. The normalized spacial score (nSPS) is 14.5. The van der Waals surface area contributed by atoms with Crippen LogP contribution in [0.15, 0.2) is 18.5 Å². The molecule has 8 nitrogen and oxygen atoms in total. The van der Waals surface area contributed by atoms with Crippen molar-refractivity contribution in [2.24, 2.45) is 5.92 Å². The lowest BCUT2D eigenvalue weighted by Crippen LogP contribution is -2.54. The van der Waals surface area contributed by atoms with Gasteiger partial charge >= 0.3 is 0 Å². The number of anilines is 1. The Morgan fingerprint density at radius 1 is 1.29 bits per heavy atom. The summed E-state index contributed by atoms with van der Waals surface area (Å²) in [6.07, 6.45) is 1.53. The molecule has 1 aliphatic rings. The Hall–Kier alpha value is -2.48. The Balaban J connectivity index is 1.62. The van der Waals surface area contributed by atoms with Gasteiger partial charge in [0.15, 0.2) is 5.82 Å². The van der Waals surface area contributed by atoms with E-state index in [0.29, 0.717) is 26.2 Å². The van der Waals surface area contributed by atoms with Crippen molar-refractivity contribution < 1.29 is 9.53 Å². The van der Waals surface area contributed by atoms with E-state index in [1.165, 1.54) is 6.33 Å². The molecule has 8 heteroatoms. The van der Waals surface area contributed by atoms with Gasteiger partial charge in [0.05, 0.1) is 18.2 Å². The predicted octanol–water partition coefficient (Wildman–Crippen LogP) is 0.478. The van der Waals surface area contributed by atoms with Crippen LogP contribution in [0.25, 0.3) is 5.82 Å². The van der Waals surface area contributed by atoms with E-state index in [2.05, 4.69) is 25.3 Å². The van der Waals surface area contributed by atoms with Crippen molar-refractivity contribution in [1.82, 2.24) is 25.1 Å². The van der Waals surface area contributed by atoms with E-state index in [-0.39, 0.29) is 11.8 Å². The van der Waals surface area contributed by atoms with E-state index in [1.807, 2.05) is 26.0 Å². The van der Waals surface area contributed by atoms with Gasteiger partial charge in [-0.2, -0.15) is 5.10 Å². The number of methoxy groups -OCH3 is 1. The minimum atomic E-state index is -0.00560. The summed E-state index contributed by atoms with van der Waals surface area (Å²) in [6.45, 7) is 6.33. The van der Waals surface area contributed by atoms with Crippen molar-refractivity contribution in [1.29, 1.82) is 0 Å². The highest BCUT2D eigenvalue weighted by atomic mass is 16.5. The molecule has 0 unspecified atom stereocenters. The zero-order chi connectivity index (χ0) is 17.1. The van der Waals surface area contributed by atoms with Gasteiger partial charge in [-0.05, 0) is 19.9 Å². The minimum Gasteiger partial charge on any atom is -0.383 e. The summed E-state index contributed by atoms with van der Waals surface area (Å²) in [5.74, 6) is 1.61. The zero-order valence-corrected chi connectivity index (χ0v) is 14.2. The first kappa shape index (κ1) is 16.4. The monoisotopic (exact) mass is 330 g/mol. The summed E-state index contributed by atoms with van der Waals surface area (Å²) in [6, 6.07) is 3.91. The Kier molecular flexibility index (Phi) is 4.75. The van der Waals surface area contributed by atoms with Gasteiger partial charge in [0.2, 0.25) is 5.91 Å². The highest BCUT2D eigenvalue weighted by molar-refractivity contribution is 5.81. The van der Waals surface area contributed by atoms with Crippen LogP contribution in [0.1, 0.15) is 11.4 Å². The second-order valence-corrected chi connectivity index (χ2v) is 5.96. The first-order chi connectivity index (χ1) is 11.6. The van der Waals surface area contributed by atoms with Crippen LogP contribution in [0.3, 0.4) is 0 Å². The molecular weight excluding hydrogens is 308 g/mol. The predicted molar refractivity (Wildman–Crippen MR) is 89.2 cm³/mol.